The van der Waals surface area contributed by atoms with Gasteiger partial charge in [0.25, 0.3) is 0 Å². The molecule has 0 fully saturated rings. The minimum absolute atomic E-state index is 0. The number of rotatable bonds is 0. The van der Waals surface area contributed by atoms with Gasteiger partial charge < -0.3 is 6.42 Å². The van der Waals surface area contributed by atoms with Gasteiger partial charge >= 0.3 is 24.6 Å². The van der Waals surface area contributed by atoms with Crippen molar-refractivity contribution in [3.8, 4) is 0 Å². The second kappa shape index (κ2) is 79.5. The van der Waals surface area contributed by atoms with Crippen LogP contribution in [-0.4, -0.2) is 0 Å². The van der Waals surface area contributed by atoms with Gasteiger partial charge in [0.1, 0.15) is 0 Å². The van der Waals surface area contributed by atoms with E-state index in [-0.39, 0.29) is 37.2 Å². The topological polar surface area (TPSA) is 23.9 Å². The Kier molecular flexibility index (Phi) is 340. The molecular weight excluding hydrogens is 337 g/mol. The molecule has 0 bridgehead atoms. The summed E-state index contributed by atoms with van der Waals surface area (Å²) in [6.45, 7) is 4.00. The molecule has 0 unspecified atom stereocenters. The van der Waals surface area contributed by atoms with E-state index in [4.69, 9.17) is 3.76 Å². The first-order valence-corrected chi connectivity index (χ1v) is 2.99. The molecule has 0 aromatic heterocycles. The standard InChI is InChI=1S/C3H7.3ClH.HN.Ta/c1-3-2;;;;;/h3H,1-2H3;4*1H;/q-1;;;;;. The van der Waals surface area contributed by atoms with Crippen molar-refractivity contribution in [2.75, 3.05) is 0 Å². The molecule has 0 rings (SSSR count). The molecule has 0 saturated heterocycles. The van der Waals surface area contributed by atoms with E-state index in [0.717, 1.165) is 0 Å². The Morgan fingerprint density at radius 2 is 1.00 bits per heavy atom. The van der Waals surface area contributed by atoms with E-state index in [0.29, 0.717) is 20.9 Å². The molecule has 0 spiro atoms. The normalized spacial score (nSPS) is 2.62. The fraction of sp³-hybridized carbons (Fsp3) is 0.667. The number of hydrogen-bond acceptors (Lipinski definition) is 1. The van der Waals surface area contributed by atoms with Crippen molar-refractivity contribution in [1.82, 2.24) is 0 Å². The van der Waals surface area contributed by atoms with Crippen LogP contribution in [0.3, 0.4) is 0 Å². The van der Waals surface area contributed by atoms with Crippen molar-refractivity contribution < 1.29 is 20.9 Å². The predicted octanol–water partition coefficient (Wildman–Crippen LogP) is 2.79. The van der Waals surface area contributed by atoms with Gasteiger partial charge in [-0.05, 0) is 0 Å². The summed E-state index contributed by atoms with van der Waals surface area (Å²) in [5, 5.41) is 0. The quantitative estimate of drug-likeness (QED) is 0.651. The molecule has 0 amide bonds. The fourth-order valence-corrected chi connectivity index (χ4v) is 0. The Morgan fingerprint density at radius 1 is 1.00 bits per heavy atom. The molecule has 0 radical (unpaired) electrons. The van der Waals surface area contributed by atoms with Crippen molar-refractivity contribution in [3.05, 3.63) is 6.42 Å². The van der Waals surface area contributed by atoms with Gasteiger partial charge in [0.05, 0.1) is 0 Å². The molecule has 1 nitrogen and oxygen atoms in total. The van der Waals surface area contributed by atoms with Crippen LogP contribution in [0.15, 0.2) is 0 Å². The molecule has 0 aromatic rings. The van der Waals surface area contributed by atoms with Crippen molar-refractivity contribution in [2.24, 2.45) is 0 Å². The van der Waals surface area contributed by atoms with Crippen molar-refractivity contribution in [2.45, 2.75) is 13.8 Å². The monoisotopic (exact) mass is 347 g/mol. The van der Waals surface area contributed by atoms with Crippen LogP contribution in [0.5, 0.6) is 0 Å². The zero-order chi connectivity index (χ0) is 4.71. The summed E-state index contributed by atoms with van der Waals surface area (Å²) in [5.74, 6) is 0. The van der Waals surface area contributed by atoms with Crippen LogP contribution in [0.2, 0.25) is 0 Å². The molecule has 8 heavy (non-hydrogen) atoms. The summed E-state index contributed by atoms with van der Waals surface area (Å²) >= 11 is 0.694. The molecule has 0 aliphatic carbocycles. The van der Waals surface area contributed by atoms with Gasteiger partial charge in [0, 0.05) is 0 Å². The van der Waals surface area contributed by atoms with E-state index in [9.17, 15) is 0 Å². The van der Waals surface area contributed by atoms with Crippen LogP contribution in [0.4, 0.5) is 0 Å². The first-order valence-electron chi connectivity index (χ1n) is 1.38. The molecule has 5 heteroatoms. The Hall–Kier alpha value is 1.41. The molecule has 55 valence electrons. The van der Waals surface area contributed by atoms with Gasteiger partial charge in [-0.15, -0.1) is 37.2 Å². The third kappa shape index (κ3) is 153. The van der Waals surface area contributed by atoms with Gasteiger partial charge in [0.15, 0.2) is 0 Å². The molecule has 0 aliphatic heterocycles. The minimum atomic E-state index is 0. The summed E-state index contributed by atoms with van der Waals surface area (Å²) in [5.41, 5.74) is 0. The third-order valence-electron chi connectivity index (χ3n) is 0. The van der Waals surface area contributed by atoms with E-state index in [2.05, 4.69) is 0 Å². The van der Waals surface area contributed by atoms with E-state index >= 15 is 0 Å². The molecule has 0 heterocycles. The molecule has 1 N–H and O–H groups in total. The van der Waals surface area contributed by atoms with Gasteiger partial charge in [-0.25, -0.2) is 0 Å². The number of nitrogens with one attached hydrogen (secondary N) is 1. The Bertz CT molecular complexity index is 18.5. The summed E-state index contributed by atoms with van der Waals surface area (Å²) in [6, 6.07) is 0. The second-order valence-corrected chi connectivity index (χ2v) is 0.577. The molecular formula is C3H11Cl3NTa-. The summed E-state index contributed by atoms with van der Waals surface area (Å²) < 4.78 is 5.86. The maximum atomic E-state index is 5.86. The van der Waals surface area contributed by atoms with Gasteiger partial charge in [-0.1, -0.05) is 0 Å². The zero-order valence-corrected chi connectivity index (χ0v) is 10.4. The van der Waals surface area contributed by atoms with Gasteiger partial charge in [-0.3, -0.25) is 0 Å². The number of hydrogen-bond donors (Lipinski definition) is 1. The van der Waals surface area contributed by atoms with Crippen molar-refractivity contribution in [1.29, 1.82) is 3.76 Å². The van der Waals surface area contributed by atoms with Crippen molar-refractivity contribution >= 4 is 37.2 Å². The van der Waals surface area contributed by atoms with Crippen LogP contribution < -0.4 is 0 Å². The van der Waals surface area contributed by atoms with Crippen molar-refractivity contribution in [3.63, 3.8) is 0 Å². The molecule has 0 aliphatic rings. The average Bonchev–Trinajstić information content (AvgIpc) is 1.46. The fourth-order valence-electron chi connectivity index (χ4n) is 0. The Balaban J connectivity index is -0.00000000567. The van der Waals surface area contributed by atoms with Crippen LogP contribution in [0.1, 0.15) is 13.8 Å². The average molecular weight is 348 g/mol. The second-order valence-electron chi connectivity index (χ2n) is 0.577. The molecule has 0 aromatic carbocycles. The van der Waals surface area contributed by atoms with Crippen LogP contribution in [0, 0.1) is 10.2 Å². The van der Waals surface area contributed by atoms with E-state index < -0.39 is 0 Å². The first-order chi connectivity index (χ1) is 2.41. The van der Waals surface area contributed by atoms with Gasteiger partial charge in [-0.2, -0.15) is 13.8 Å². The molecule has 0 atom stereocenters. The Morgan fingerprint density at radius 3 is 1.00 bits per heavy atom. The van der Waals surface area contributed by atoms with Crippen LogP contribution in [-0.2, 0) is 20.9 Å². The first kappa shape index (κ1) is 34.2. The van der Waals surface area contributed by atoms with E-state index in [1.165, 1.54) is 0 Å². The number of halogens is 3. The zero-order valence-electron chi connectivity index (χ0n) is 4.75. The van der Waals surface area contributed by atoms with Gasteiger partial charge in [0.2, 0.25) is 0 Å². The van der Waals surface area contributed by atoms with Crippen LogP contribution >= 0.6 is 37.2 Å². The predicted molar refractivity (Wildman–Crippen MR) is 40.1 cm³/mol. The van der Waals surface area contributed by atoms with E-state index in [1.807, 2.05) is 20.3 Å². The maximum absolute atomic E-state index is 5.86. The summed E-state index contributed by atoms with van der Waals surface area (Å²) in [7, 11) is 0. The van der Waals surface area contributed by atoms with E-state index in [1.54, 1.807) is 0 Å². The molecule has 0 saturated carbocycles. The third-order valence-corrected chi connectivity index (χ3v) is 0. The summed E-state index contributed by atoms with van der Waals surface area (Å²) in [6.07, 6.45) is 2.00. The van der Waals surface area contributed by atoms with Crippen LogP contribution in [0.25, 0.3) is 0 Å². The Labute approximate surface area is 81.8 Å². The SMILES string of the molecule is C[CH-]C.Cl.Cl.Cl.[NH]=[Ta]. The summed E-state index contributed by atoms with van der Waals surface area (Å²) in [4.78, 5) is 0.